The van der Waals surface area contributed by atoms with Gasteiger partial charge in [0.15, 0.2) is 5.69 Å². The lowest BCUT2D eigenvalue weighted by Crippen LogP contribution is -2.31. The van der Waals surface area contributed by atoms with E-state index in [0.29, 0.717) is 24.9 Å². The number of hydrogen-bond acceptors (Lipinski definition) is 4. The SMILES string of the molecule is N#Cc1nn(C2CCNCC2)c2c1CCOC2. The van der Waals surface area contributed by atoms with Crippen LogP contribution < -0.4 is 5.32 Å². The number of nitriles is 1. The highest BCUT2D eigenvalue weighted by Crippen LogP contribution is 2.27. The number of ether oxygens (including phenoxy) is 1. The summed E-state index contributed by atoms with van der Waals surface area (Å²) in [6.07, 6.45) is 2.99. The third-order valence-electron chi connectivity index (χ3n) is 3.61. The molecule has 5 heteroatoms. The molecule has 0 aromatic carbocycles. The van der Waals surface area contributed by atoms with Crippen molar-refractivity contribution in [1.29, 1.82) is 5.26 Å². The van der Waals surface area contributed by atoms with Gasteiger partial charge in [0.1, 0.15) is 6.07 Å². The van der Waals surface area contributed by atoms with Crippen LogP contribution >= 0.6 is 0 Å². The van der Waals surface area contributed by atoms with Gasteiger partial charge in [0.25, 0.3) is 0 Å². The number of aromatic nitrogens is 2. The van der Waals surface area contributed by atoms with E-state index in [4.69, 9.17) is 10.00 Å². The van der Waals surface area contributed by atoms with Crippen LogP contribution in [0.25, 0.3) is 0 Å². The van der Waals surface area contributed by atoms with E-state index in [-0.39, 0.29) is 0 Å². The van der Waals surface area contributed by atoms with Gasteiger partial charge in [-0.05, 0) is 25.9 Å². The Morgan fingerprint density at radius 3 is 3.00 bits per heavy atom. The molecule has 1 fully saturated rings. The van der Waals surface area contributed by atoms with Gasteiger partial charge < -0.3 is 10.1 Å². The first-order valence-electron chi connectivity index (χ1n) is 6.19. The summed E-state index contributed by atoms with van der Waals surface area (Å²) in [5.41, 5.74) is 2.83. The summed E-state index contributed by atoms with van der Waals surface area (Å²) < 4.78 is 7.55. The molecular formula is C12H16N4O. The summed E-state index contributed by atoms with van der Waals surface area (Å²) in [6.45, 7) is 3.37. The standard InChI is InChI=1S/C12H16N4O/c13-7-11-10-3-6-17-8-12(10)16(15-11)9-1-4-14-5-2-9/h9,14H,1-6,8H2. The van der Waals surface area contributed by atoms with Crippen LogP contribution in [0.15, 0.2) is 0 Å². The Balaban J connectivity index is 1.98. The predicted octanol–water partition coefficient (Wildman–Crippen LogP) is 0.752. The summed E-state index contributed by atoms with van der Waals surface area (Å²) in [7, 11) is 0. The third kappa shape index (κ3) is 1.84. The number of fused-ring (bicyclic) bond motifs is 1. The molecule has 0 unspecified atom stereocenters. The van der Waals surface area contributed by atoms with Crippen LogP contribution in [0.5, 0.6) is 0 Å². The molecule has 3 rings (SSSR count). The van der Waals surface area contributed by atoms with Gasteiger partial charge in [0.05, 0.1) is 24.9 Å². The zero-order valence-electron chi connectivity index (χ0n) is 9.78. The van der Waals surface area contributed by atoms with E-state index < -0.39 is 0 Å². The van der Waals surface area contributed by atoms with E-state index in [1.54, 1.807) is 0 Å². The maximum absolute atomic E-state index is 9.13. The summed E-state index contributed by atoms with van der Waals surface area (Å²) in [5, 5.41) is 17.0. The fourth-order valence-electron chi connectivity index (χ4n) is 2.71. The van der Waals surface area contributed by atoms with Crippen LogP contribution in [0.3, 0.4) is 0 Å². The molecule has 90 valence electrons. The van der Waals surface area contributed by atoms with Crippen molar-refractivity contribution in [3.8, 4) is 6.07 Å². The average Bonchev–Trinajstić information content (AvgIpc) is 2.78. The number of nitrogens with zero attached hydrogens (tertiary/aromatic N) is 3. The molecule has 1 aromatic heterocycles. The molecule has 0 atom stereocenters. The molecule has 1 aromatic rings. The minimum absolute atomic E-state index is 0.425. The van der Waals surface area contributed by atoms with Gasteiger partial charge in [-0.2, -0.15) is 10.4 Å². The van der Waals surface area contributed by atoms with Crippen LogP contribution in [0.1, 0.15) is 35.8 Å². The molecular weight excluding hydrogens is 216 g/mol. The maximum atomic E-state index is 9.13. The second-order valence-electron chi connectivity index (χ2n) is 4.61. The molecule has 0 saturated carbocycles. The first-order valence-corrected chi connectivity index (χ1v) is 6.19. The first-order chi connectivity index (χ1) is 8.40. The van der Waals surface area contributed by atoms with E-state index in [2.05, 4.69) is 16.5 Å². The topological polar surface area (TPSA) is 62.9 Å². The largest absolute Gasteiger partial charge is 0.375 e. The van der Waals surface area contributed by atoms with Crippen molar-refractivity contribution in [2.45, 2.75) is 31.9 Å². The van der Waals surface area contributed by atoms with Gasteiger partial charge in [-0.25, -0.2) is 0 Å². The molecule has 0 amide bonds. The average molecular weight is 232 g/mol. The highest BCUT2D eigenvalue weighted by Gasteiger charge is 2.26. The van der Waals surface area contributed by atoms with E-state index in [9.17, 15) is 0 Å². The molecule has 0 aliphatic carbocycles. The summed E-state index contributed by atoms with van der Waals surface area (Å²) in [4.78, 5) is 0. The lowest BCUT2D eigenvalue weighted by Gasteiger charge is -2.25. The number of hydrogen-bond donors (Lipinski definition) is 1. The van der Waals surface area contributed by atoms with Crippen LogP contribution in [-0.4, -0.2) is 29.5 Å². The van der Waals surface area contributed by atoms with Gasteiger partial charge in [0, 0.05) is 12.0 Å². The molecule has 1 saturated heterocycles. The second-order valence-corrected chi connectivity index (χ2v) is 4.61. The highest BCUT2D eigenvalue weighted by molar-refractivity contribution is 5.36. The van der Waals surface area contributed by atoms with E-state index in [0.717, 1.165) is 43.6 Å². The zero-order valence-corrected chi connectivity index (χ0v) is 9.78. The molecule has 2 aliphatic heterocycles. The van der Waals surface area contributed by atoms with Crippen LogP contribution in [0, 0.1) is 11.3 Å². The van der Waals surface area contributed by atoms with E-state index in [1.807, 2.05) is 4.68 Å². The zero-order chi connectivity index (χ0) is 11.7. The lowest BCUT2D eigenvalue weighted by molar-refractivity contribution is 0.102. The van der Waals surface area contributed by atoms with Gasteiger partial charge in [0.2, 0.25) is 0 Å². The second kappa shape index (κ2) is 4.47. The van der Waals surface area contributed by atoms with Crippen LogP contribution in [0.2, 0.25) is 0 Å². The lowest BCUT2D eigenvalue weighted by atomic mass is 10.0. The number of piperidine rings is 1. The Morgan fingerprint density at radius 2 is 2.24 bits per heavy atom. The van der Waals surface area contributed by atoms with Gasteiger partial charge >= 0.3 is 0 Å². The minimum atomic E-state index is 0.425. The number of nitrogens with one attached hydrogen (secondary N) is 1. The summed E-state index contributed by atoms with van der Waals surface area (Å²) in [6, 6.07) is 2.64. The van der Waals surface area contributed by atoms with Gasteiger partial charge in [-0.1, -0.05) is 0 Å². The molecule has 1 N–H and O–H groups in total. The Labute approximate surface area is 100 Å². The van der Waals surface area contributed by atoms with Crippen molar-refractivity contribution in [2.24, 2.45) is 0 Å². The Morgan fingerprint density at radius 1 is 1.41 bits per heavy atom. The quantitative estimate of drug-likeness (QED) is 0.776. The monoisotopic (exact) mass is 232 g/mol. The van der Waals surface area contributed by atoms with Crippen molar-refractivity contribution in [3.05, 3.63) is 17.0 Å². The molecule has 0 radical (unpaired) electrons. The fourth-order valence-corrected chi connectivity index (χ4v) is 2.71. The van der Waals surface area contributed by atoms with Crippen molar-refractivity contribution in [1.82, 2.24) is 15.1 Å². The molecule has 2 aliphatic rings. The van der Waals surface area contributed by atoms with Crippen molar-refractivity contribution in [3.63, 3.8) is 0 Å². The number of rotatable bonds is 1. The van der Waals surface area contributed by atoms with Gasteiger partial charge in [-0.3, -0.25) is 4.68 Å². The van der Waals surface area contributed by atoms with Gasteiger partial charge in [-0.15, -0.1) is 0 Å². The molecule has 0 bridgehead atoms. The third-order valence-corrected chi connectivity index (χ3v) is 3.61. The minimum Gasteiger partial charge on any atom is -0.375 e. The van der Waals surface area contributed by atoms with Crippen molar-refractivity contribution >= 4 is 0 Å². The van der Waals surface area contributed by atoms with E-state index in [1.165, 1.54) is 0 Å². The van der Waals surface area contributed by atoms with Crippen LogP contribution in [-0.2, 0) is 17.8 Å². The Bertz CT molecular complexity index is 454. The fraction of sp³-hybridized carbons (Fsp3) is 0.667. The van der Waals surface area contributed by atoms with E-state index >= 15 is 0 Å². The molecule has 3 heterocycles. The molecule has 17 heavy (non-hydrogen) atoms. The normalized spacial score (nSPS) is 20.9. The Kier molecular flexibility index (Phi) is 2.83. The Hall–Kier alpha value is -1.38. The molecule has 0 spiro atoms. The smallest absolute Gasteiger partial charge is 0.166 e. The van der Waals surface area contributed by atoms with Crippen molar-refractivity contribution in [2.75, 3.05) is 19.7 Å². The maximum Gasteiger partial charge on any atom is 0.166 e. The summed E-state index contributed by atoms with van der Waals surface area (Å²) in [5.74, 6) is 0. The van der Waals surface area contributed by atoms with Crippen LogP contribution in [0.4, 0.5) is 0 Å². The highest BCUT2D eigenvalue weighted by atomic mass is 16.5. The first kappa shape index (κ1) is 10.8. The molecule has 5 nitrogen and oxygen atoms in total. The van der Waals surface area contributed by atoms with Crippen molar-refractivity contribution < 1.29 is 4.74 Å². The summed E-state index contributed by atoms with van der Waals surface area (Å²) >= 11 is 0. The predicted molar refractivity (Wildman–Crippen MR) is 61.4 cm³/mol.